The van der Waals surface area contributed by atoms with E-state index in [1.807, 2.05) is 43.5 Å². The average Bonchev–Trinajstić information content (AvgIpc) is 3.31. The normalized spacial score (nSPS) is 19.8. The van der Waals surface area contributed by atoms with E-state index in [1.165, 1.54) is 0 Å². The highest BCUT2D eigenvalue weighted by molar-refractivity contribution is 7.18. The zero-order valence-corrected chi connectivity index (χ0v) is 17.1. The smallest absolute Gasteiger partial charge is 0.188 e. The van der Waals surface area contributed by atoms with Crippen LogP contribution in [0.5, 0.6) is 5.75 Å². The van der Waals surface area contributed by atoms with Gasteiger partial charge in [0.15, 0.2) is 5.13 Å². The SMILES string of the molecule is Cc1cc(O[C@H]2CCN(C3COC3)C2)cc(Nc2ncc(-c3ccccn3)s2)n1. The second-order valence-corrected chi connectivity index (χ2v) is 8.44. The Hall–Kier alpha value is -2.55. The highest BCUT2D eigenvalue weighted by Crippen LogP contribution is 2.30. The van der Waals surface area contributed by atoms with E-state index in [-0.39, 0.29) is 6.10 Å². The lowest BCUT2D eigenvalue weighted by Gasteiger charge is -2.34. The van der Waals surface area contributed by atoms with Gasteiger partial charge in [0.2, 0.25) is 0 Å². The van der Waals surface area contributed by atoms with Gasteiger partial charge < -0.3 is 14.8 Å². The van der Waals surface area contributed by atoms with E-state index in [2.05, 4.69) is 25.2 Å². The molecule has 0 spiro atoms. The van der Waals surface area contributed by atoms with E-state index in [9.17, 15) is 0 Å². The summed E-state index contributed by atoms with van der Waals surface area (Å²) in [7, 11) is 0. The van der Waals surface area contributed by atoms with Crippen molar-refractivity contribution in [3.63, 3.8) is 0 Å². The number of hydrogen-bond donors (Lipinski definition) is 1. The minimum absolute atomic E-state index is 0.209. The Morgan fingerprint density at radius 1 is 1.24 bits per heavy atom. The van der Waals surface area contributed by atoms with Gasteiger partial charge >= 0.3 is 0 Å². The molecule has 0 amide bonds. The van der Waals surface area contributed by atoms with Crippen LogP contribution in [0.1, 0.15) is 12.1 Å². The van der Waals surface area contributed by atoms with E-state index in [4.69, 9.17) is 9.47 Å². The summed E-state index contributed by atoms with van der Waals surface area (Å²) in [4.78, 5) is 16.9. The maximum absolute atomic E-state index is 6.27. The van der Waals surface area contributed by atoms with Crippen LogP contribution in [-0.4, -0.2) is 58.3 Å². The Morgan fingerprint density at radius 2 is 2.17 bits per heavy atom. The number of pyridine rings is 2. The summed E-state index contributed by atoms with van der Waals surface area (Å²) in [5.41, 5.74) is 1.83. The van der Waals surface area contributed by atoms with E-state index in [0.717, 1.165) is 65.7 Å². The maximum atomic E-state index is 6.27. The second kappa shape index (κ2) is 8.06. The molecule has 5 rings (SSSR count). The number of thiazole rings is 1. The summed E-state index contributed by atoms with van der Waals surface area (Å²) in [5.74, 6) is 1.59. The summed E-state index contributed by atoms with van der Waals surface area (Å²) >= 11 is 1.55. The average molecular weight is 410 g/mol. The number of ether oxygens (including phenoxy) is 2. The first kappa shape index (κ1) is 18.5. The summed E-state index contributed by atoms with van der Waals surface area (Å²) in [5, 5.41) is 4.09. The third kappa shape index (κ3) is 4.24. The Balaban J connectivity index is 1.26. The fraction of sp³-hybridized carbons (Fsp3) is 0.381. The van der Waals surface area contributed by atoms with Crippen LogP contribution in [0.2, 0.25) is 0 Å². The summed E-state index contributed by atoms with van der Waals surface area (Å²) in [6.45, 7) is 5.71. The van der Waals surface area contributed by atoms with Gasteiger partial charge in [0.25, 0.3) is 0 Å². The Bertz CT molecular complexity index is 976. The van der Waals surface area contributed by atoms with Gasteiger partial charge in [-0.25, -0.2) is 9.97 Å². The van der Waals surface area contributed by atoms with Crippen molar-refractivity contribution in [1.29, 1.82) is 0 Å². The van der Waals surface area contributed by atoms with Crippen LogP contribution in [-0.2, 0) is 4.74 Å². The van der Waals surface area contributed by atoms with Crippen LogP contribution in [0.15, 0.2) is 42.7 Å². The molecule has 150 valence electrons. The molecule has 2 fully saturated rings. The van der Waals surface area contributed by atoms with Crippen molar-refractivity contribution < 1.29 is 9.47 Å². The lowest BCUT2D eigenvalue weighted by atomic mass is 10.2. The highest BCUT2D eigenvalue weighted by atomic mass is 32.1. The van der Waals surface area contributed by atoms with Crippen molar-refractivity contribution in [2.45, 2.75) is 25.5 Å². The predicted molar refractivity (Wildman–Crippen MR) is 113 cm³/mol. The Labute approximate surface area is 173 Å². The zero-order valence-electron chi connectivity index (χ0n) is 16.2. The van der Waals surface area contributed by atoms with Gasteiger partial charge in [-0.1, -0.05) is 17.4 Å². The van der Waals surface area contributed by atoms with Crippen molar-refractivity contribution >= 4 is 22.3 Å². The number of rotatable bonds is 6. The first-order chi connectivity index (χ1) is 14.2. The number of aromatic nitrogens is 3. The molecule has 1 atom stereocenters. The highest BCUT2D eigenvalue weighted by Gasteiger charge is 2.33. The molecule has 1 N–H and O–H groups in total. The van der Waals surface area contributed by atoms with Gasteiger partial charge in [-0.2, -0.15) is 0 Å². The van der Waals surface area contributed by atoms with Gasteiger partial charge in [-0.3, -0.25) is 9.88 Å². The molecule has 7 nitrogen and oxygen atoms in total. The van der Waals surface area contributed by atoms with E-state index >= 15 is 0 Å². The van der Waals surface area contributed by atoms with Crippen molar-refractivity contribution in [3.8, 4) is 16.3 Å². The van der Waals surface area contributed by atoms with Gasteiger partial charge in [-0.15, -0.1) is 0 Å². The standard InChI is InChI=1S/C21H23N5O2S/c1-14-8-17(28-16-5-7-26(11-16)15-12-27-13-15)9-20(24-14)25-21-23-10-19(29-21)18-4-2-3-6-22-18/h2-4,6,8-10,15-16H,5,7,11-13H2,1H3,(H,23,24,25)/t16-/m0/s1. The molecule has 29 heavy (non-hydrogen) atoms. The maximum Gasteiger partial charge on any atom is 0.188 e. The number of nitrogens with one attached hydrogen (secondary N) is 1. The van der Waals surface area contributed by atoms with Gasteiger partial charge in [-0.05, 0) is 25.5 Å². The monoisotopic (exact) mass is 409 g/mol. The lowest BCUT2D eigenvalue weighted by molar-refractivity contribution is -0.0592. The van der Waals surface area contributed by atoms with Gasteiger partial charge in [0.05, 0.1) is 29.8 Å². The number of hydrogen-bond acceptors (Lipinski definition) is 8. The molecule has 0 bridgehead atoms. The number of likely N-dealkylation sites (tertiary alicyclic amines) is 1. The molecule has 3 aromatic rings. The molecule has 8 heteroatoms. The van der Waals surface area contributed by atoms with Crippen molar-refractivity contribution in [1.82, 2.24) is 19.9 Å². The van der Waals surface area contributed by atoms with Crippen LogP contribution in [0.25, 0.3) is 10.6 Å². The number of nitrogens with zero attached hydrogens (tertiary/aromatic N) is 4. The molecule has 5 heterocycles. The molecule has 2 saturated heterocycles. The first-order valence-electron chi connectivity index (χ1n) is 9.84. The largest absolute Gasteiger partial charge is 0.489 e. The molecule has 2 aliphatic heterocycles. The summed E-state index contributed by atoms with van der Waals surface area (Å²) in [6.07, 6.45) is 4.87. The number of aryl methyl sites for hydroxylation is 1. The molecule has 0 radical (unpaired) electrons. The van der Waals surface area contributed by atoms with E-state index < -0.39 is 0 Å². The van der Waals surface area contributed by atoms with Crippen molar-refractivity contribution in [2.75, 3.05) is 31.6 Å². The second-order valence-electron chi connectivity index (χ2n) is 7.41. The fourth-order valence-electron chi connectivity index (χ4n) is 3.65. The molecular weight excluding hydrogens is 386 g/mol. The predicted octanol–water partition coefficient (Wildman–Crippen LogP) is 3.50. The van der Waals surface area contributed by atoms with Crippen molar-refractivity contribution in [2.24, 2.45) is 0 Å². The molecule has 0 unspecified atom stereocenters. The zero-order chi connectivity index (χ0) is 19.6. The third-order valence-corrected chi connectivity index (χ3v) is 6.14. The molecular formula is C21H23N5O2S. The Morgan fingerprint density at radius 3 is 2.97 bits per heavy atom. The molecule has 0 aliphatic carbocycles. The van der Waals surface area contributed by atoms with Crippen LogP contribution in [0, 0.1) is 6.92 Å². The minimum Gasteiger partial charge on any atom is -0.489 e. The summed E-state index contributed by atoms with van der Waals surface area (Å²) < 4.78 is 11.6. The molecule has 0 aromatic carbocycles. The van der Waals surface area contributed by atoms with Crippen LogP contribution < -0.4 is 10.1 Å². The minimum atomic E-state index is 0.209. The molecule has 3 aromatic heterocycles. The van der Waals surface area contributed by atoms with Crippen LogP contribution in [0.4, 0.5) is 10.9 Å². The first-order valence-corrected chi connectivity index (χ1v) is 10.7. The number of anilines is 2. The third-order valence-electron chi connectivity index (χ3n) is 5.20. The Kier molecular flexibility index (Phi) is 5.13. The fourth-order valence-corrected chi connectivity index (χ4v) is 4.45. The van der Waals surface area contributed by atoms with Gasteiger partial charge in [0.1, 0.15) is 17.7 Å². The summed E-state index contributed by atoms with van der Waals surface area (Å²) in [6, 6.07) is 10.4. The quantitative estimate of drug-likeness (QED) is 0.668. The van der Waals surface area contributed by atoms with E-state index in [0.29, 0.717) is 6.04 Å². The molecule has 0 saturated carbocycles. The van der Waals surface area contributed by atoms with Crippen molar-refractivity contribution in [3.05, 3.63) is 48.4 Å². The van der Waals surface area contributed by atoms with E-state index in [1.54, 1.807) is 17.5 Å². The molecule has 2 aliphatic rings. The van der Waals surface area contributed by atoms with Crippen LogP contribution >= 0.6 is 11.3 Å². The van der Waals surface area contributed by atoms with Gasteiger partial charge in [0, 0.05) is 43.3 Å². The topological polar surface area (TPSA) is 72.4 Å². The lowest BCUT2D eigenvalue weighted by Crippen LogP contribution is -2.48. The van der Waals surface area contributed by atoms with Crippen LogP contribution in [0.3, 0.4) is 0 Å².